The molecule has 1 aromatic rings. The zero-order valence-corrected chi connectivity index (χ0v) is 13.3. The van der Waals surface area contributed by atoms with Crippen molar-refractivity contribution in [1.29, 1.82) is 0 Å². The molecule has 0 radical (unpaired) electrons. The average Bonchev–Trinajstić information content (AvgIpc) is 2.89. The summed E-state index contributed by atoms with van der Waals surface area (Å²) < 4.78 is 1.83. The fourth-order valence-corrected chi connectivity index (χ4v) is 3.23. The van der Waals surface area contributed by atoms with Crippen LogP contribution in [0, 0.1) is 0 Å². The number of carbonyl (C=O) groups is 2. The Bertz CT molecular complexity index is 545. The van der Waals surface area contributed by atoms with Crippen molar-refractivity contribution in [1.82, 2.24) is 19.8 Å². The number of hydrogen-bond donors (Lipinski definition) is 3. The van der Waals surface area contributed by atoms with Crippen LogP contribution in [0.25, 0.3) is 0 Å². The van der Waals surface area contributed by atoms with Crippen LogP contribution in [0.15, 0.2) is 12.5 Å². The molecule has 128 valence electrons. The van der Waals surface area contributed by atoms with E-state index < -0.39 is 11.9 Å². The quantitative estimate of drug-likeness (QED) is 0.631. The van der Waals surface area contributed by atoms with Crippen molar-refractivity contribution >= 4 is 11.9 Å². The Morgan fingerprint density at radius 2 is 2.09 bits per heavy atom. The first-order valence-corrected chi connectivity index (χ1v) is 7.83. The van der Waals surface area contributed by atoms with Crippen molar-refractivity contribution in [3.8, 4) is 0 Å². The number of aromatic nitrogens is 2. The van der Waals surface area contributed by atoms with Gasteiger partial charge in [-0.05, 0) is 12.8 Å². The van der Waals surface area contributed by atoms with Gasteiger partial charge in [0, 0.05) is 31.9 Å². The van der Waals surface area contributed by atoms with Crippen molar-refractivity contribution in [2.75, 3.05) is 13.1 Å². The molecular weight excluding hydrogens is 300 g/mol. The van der Waals surface area contributed by atoms with Gasteiger partial charge < -0.3 is 20.1 Å². The Morgan fingerprint density at radius 1 is 1.35 bits per heavy atom. The van der Waals surface area contributed by atoms with E-state index in [1.165, 1.54) is 0 Å². The Morgan fingerprint density at radius 3 is 2.70 bits per heavy atom. The molecule has 0 aromatic carbocycles. The first-order valence-electron chi connectivity index (χ1n) is 7.83. The molecule has 0 spiro atoms. The van der Waals surface area contributed by atoms with Gasteiger partial charge in [0.2, 0.25) is 0 Å². The molecule has 8 nitrogen and oxygen atoms in total. The highest BCUT2D eigenvalue weighted by Gasteiger charge is 2.31. The maximum absolute atomic E-state index is 11.2. The fourth-order valence-electron chi connectivity index (χ4n) is 3.23. The van der Waals surface area contributed by atoms with Crippen molar-refractivity contribution < 1.29 is 19.8 Å². The molecule has 1 aromatic heterocycles. The van der Waals surface area contributed by atoms with Gasteiger partial charge in [-0.25, -0.2) is 4.98 Å². The highest BCUT2D eigenvalue weighted by molar-refractivity contribution is 5.69. The van der Waals surface area contributed by atoms with Gasteiger partial charge in [0.1, 0.15) is 0 Å². The van der Waals surface area contributed by atoms with E-state index in [0.29, 0.717) is 6.54 Å². The Labute approximate surface area is 135 Å². The van der Waals surface area contributed by atoms with E-state index in [1.54, 1.807) is 6.33 Å². The molecule has 1 heterocycles. The lowest BCUT2D eigenvalue weighted by molar-refractivity contribution is -0.140. The number of aliphatic carboxylic acids is 2. The van der Waals surface area contributed by atoms with Gasteiger partial charge in [-0.2, -0.15) is 0 Å². The van der Waals surface area contributed by atoms with Crippen molar-refractivity contribution in [3.63, 3.8) is 0 Å². The number of aryl methyl sites for hydroxylation is 1. The van der Waals surface area contributed by atoms with Crippen LogP contribution in [0.5, 0.6) is 0 Å². The molecule has 0 aliphatic heterocycles. The highest BCUT2D eigenvalue weighted by atomic mass is 16.4. The summed E-state index contributed by atoms with van der Waals surface area (Å²) in [7, 11) is 1.87. The maximum atomic E-state index is 11.2. The molecule has 3 N–H and O–H groups in total. The molecule has 2 atom stereocenters. The topological polar surface area (TPSA) is 108 Å². The van der Waals surface area contributed by atoms with E-state index in [-0.39, 0.29) is 25.2 Å². The summed E-state index contributed by atoms with van der Waals surface area (Å²) in [5.41, 5.74) is 0.816. The average molecular weight is 324 g/mol. The predicted octanol–water partition coefficient (Wildman–Crippen LogP) is 0.292. The Kier molecular flexibility index (Phi) is 6.12. The molecule has 23 heavy (non-hydrogen) atoms. The molecule has 0 amide bonds. The summed E-state index contributed by atoms with van der Waals surface area (Å²) in [5, 5.41) is 21.1. The lowest BCUT2D eigenvalue weighted by Crippen LogP contribution is -2.53. The lowest BCUT2D eigenvalue weighted by Gasteiger charge is -2.39. The minimum Gasteiger partial charge on any atom is -0.480 e. The second-order valence-corrected chi connectivity index (χ2v) is 6.06. The van der Waals surface area contributed by atoms with Gasteiger partial charge in [0.15, 0.2) is 0 Å². The summed E-state index contributed by atoms with van der Waals surface area (Å²) in [6.45, 7) is 0.265. The van der Waals surface area contributed by atoms with E-state index in [4.69, 9.17) is 5.11 Å². The highest BCUT2D eigenvalue weighted by Crippen LogP contribution is 2.24. The zero-order valence-electron chi connectivity index (χ0n) is 13.3. The molecular formula is C15H24N4O4. The minimum atomic E-state index is -0.899. The van der Waals surface area contributed by atoms with Crippen LogP contribution in [-0.4, -0.2) is 61.8 Å². The summed E-state index contributed by atoms with van der Waals surface area (Å²) >= 11 is 0. The first kappa shape index (κ1) is 17.4. The van der Waals surface area contributed by atoms with Crippen LogP contribution in [0.3, 0.4) is 0 Å². The van der Waals surface area contributed by atoms with Crippen LogP contribution in [-0.2, 0) is 23.2 Å². The van der Waals surface area contributed by atoms with Crippen molar-refractivity contribution in [2.24, 2.45) is 7.05 Å². The third kappa shape index (κ3) is 5.33. The molecule has 1 aliphatic rings. The molecule has 0 bridgehead atoms. The summed E-state index contributed by atoms with van der Waals surface area (Å²) in [6.07, 6.45) is 7.33. The van der Waals surface area contributed by atoms with E-state index >= 15 is 0 Å². The minimum absolute atomic E-state index is 0.00112. The molecule has 1 fully saturated rings. The number of nitrogens with one attached hydrogen (secondary N) is 1. The predicted molar refractivity (Wildman–Crippen MR) is 82.9 cm³/mol. The van der Waals surface area contributed by atoms with E-state index in [9.17, 15) is 14.7 Å². The number of carboxylic acid groups (broad SMARTS) is 2. The van der Waals surface area contributed by atoms with Crippen LogP contribution in [0.4, 0.5) is 0 Å². The summed E-state index contributed by atoms with van der Waals surface area (Å²) in [6, 6.07) is -0.0101. The number of carboxylic acids is 2. The Balaban J connectivity index is 2.10. The summed E-state index contributed by atoms with van der Waals surface area (Å²) in [5.74, 6) is -1.78. The third-order valence-electron chi connectivity index (χ3n) is 4.18. The zero-order chi connectivity index (χ0) is 16.8. The smallest absolute Gasteiger partial charge is 0.317 e. The van der Waals surface area contributed by atoms with Crippen LogP contribution in [0.1, 0.15) is 31.4 Å². The third-order valence-corrected chi connectivity index (χ3v) is 4.18. The van der Waals surface area contributed by atoms with Gasteiger partial charge in [-0.3, -0.25) is 14.5 Å². The fraction of sp³-hybridized carbons (Fsp3) is 0.667. The van der Waals surface area contributed by atoms with Crippen LogP contribution in [0.2, 0.25) is 0 Å². The van der Waals surface area contributed by atoms with Gasteiger partial charge in [0.25, 0.3) is 0 Å². The van der Waals surface area contributed by atoms with E-state index in [2.05, 4.69) is 10.3 Å². The second kappa shape index (κ2) is 8.07. The molecule has 1 saturated carbocycles. The van der Waals surface area contributed by atoms with Gasteiger partial charge in [-0.1, -0.05) is 12.8 Å². The van der Waals surface area contributed by atoms with E-state index in [1.807, 2.05) is 22.7 Å². The van der Waals surface area contributed by atoms with Crippen molar-refractivity contribution in [3.05, 3.63) is 18.2 Å². The van der Waals surface area contributed by atoms with Gasteiger partial charge >= 0.3 is 11.9 Å². The van der Waals surface area contributed by atoms with Gasteiger partial charge in [-0.15, -0.1) is 0 Å². The number of nitrogens with zero attached hydrogens (tertiary/aromatic N) is 3. The number of imidazole rings is 1. The molecule has 0 saturated heterocycles. The van der Waals surface area contributed by atoms with Gasteiger partial charge in [0.05, 0.1) is 25.1 Å². The molecule has 1 unspecified atom stereocenters. The SMILES string of the molecule is Cn1cnc(CN(CC(=O)O)C2CCCC[C@@H]2NCC(=O)O)c1. The van der Waals surface area contributed by atoms with E-state index in [0.717, 1.165) is 31.4 Å². The van der Waals surface area contributed by atoms with Crippen LogP contribution < -0.4 is 5.32 Å². The standard InChI is InChI=1S/C15H24N4O4/c1-18-7-11(17-10-18)8-19(9-15(22)23)13-5-3-2-4-12(13)16-6-14(20)21/h7,10,12-13,16H,2-6,8-9H2,1H3,(H,20,21)(H,22,23)/t12-,13?/m0/s1. The van der Waals surface area contributed by atoms with Crippen molar-refractivity contribution in [2.45, 2.75) is 44.3 Å². The number of rotatable bonds is 8. The normalized spacial score (nSPS) is 21.5. The molecule has 2 rings (SSSR count). The second-order valence-electron chi connectivity index (χ2n) is 6.06. The molecule has 1 aliphatic carbocycles. The monoisotopic (exact) mass is 324 g/mol. The first-order chi connectivity index (χ1) is 11.0. The summed E-state index contributed by atoms with van der Waals surface area (Å²) in [4.78, 5) is 28.2. The largest absolute Gasteiger partial charge is 0.480 e. The number of hydrogen-bond acceptors (Lipinski definition) is 5. The maximum Gasteiger partial charge on any atom is 0.317 e. The lowest BCUT2D eigenvalue weighted by atomic mass is 9.89. The Hall–Kier alpha value is -1.93. The van der Waals surface area contributed by atoms with Crippen LogP contribution >= 0.6 is 0 Å². The molecule has 8 heteroatoms.